The summed E-state index contributed by atoms with van der Waals surface area (Å²) < 4.78 is 11.9. The van der Waals surface area contributed by atoms with Crippen LogP contribution in [0.1, 0.15) is 40.0 Å². The highest BCUT2D eigenvalue weighted by atomic mass is 32.1. The van der Waals surface area contributed by atoms with Gasteiger partial charge in [0, 0.05) is 18.7 Å². The first kappa shape index (κ1) is 23.9. The van der Waals surface area contributed by atoms with E-state index in [0.29, 0.717) is 24.9 Å². The van der Waals surface area contributed by atoms with Gasteiger partial charge in [-0.3, -0.25) is 4.79 Å². The largest absolute Gasteiger partial charge is 0.491 e. The molecule has 1 fully saturated rings. The van der Waals surface area contributed by atoms with Gasteiger partial charge in [-0.1, -0.05) is 60.7 Å². The Balaban J connectivity index is 1.38. The minimum absolute atomic E-state index is 0.0322. The molecule has 5 nitrogen and oxygen atoms in total. The lowest BCUT2D eigenvalue weighted by Crippen LogP contribution is -2.51. The molecule has 0 bridgehead atoms. The van der Waals surface area contributed by atoms with Crippen LogP contribution in [0.3, 0.4) is 0 Å². The molecule has 34 heavy (non-hydrogen) atoms. The molecule has 0 aliphatic carbocycles. The molecule has 1 aliphatic heterocycles. The van der Waals surface area contributed by atoms with Crippen LogP contribution in [0, 0.1) is 6.92 Å². The van der Waals surface area contributed by atoms with Crippen LogP contribution in [0.4, 0.5) is 0 Å². The summed E-state index contributed by atoms with van der Waals surface area (Å²) in [5.41, 5.74) is 3.95. The molecular formula is C28H30N2O3S. The minimum atomic E-state index is -0.104. The van der Waals surface area contributed by atoms with Gasteiger partial charge in [-0.05, 0) is 61.0 Å². The van der Waals surface area contributed by atoms with Crippen LogP contribution >= 0.6 is 12.2 Å². The number of thiocarbonyl (C=S) groups is 1. The Morgan fingerprint density at radius 2 is 1.74 bits per heavy atom. The smallest absolute Gasteiger partial charge is 0.169 e. The molecule has 4 rings (SSSR count). The minimum Gasteiger partial charge on any atom is -0.491 e. The van der Waals surface area contributed by atoms with E-state index in [4.69, 9.17) is 21.7 Å². The number of benzene rings is 3. The maximum atomic E-state index is 11.7. The van der Waals surface area contributed by atoms with Gasteiger partial charge in [-0.15, -0.1) is 0 Å². The number of ketones is 1. The molecule has 1 heterocycles. The van der Waals surface area contributed by atoms with E-state index >= 15 is 0 Å². The Kier molecular flexibility index (Phi) is 7.93. The topological polar surface area (TPSA) is 50.8 Å². The molecule has 0 amide bonds. The Hall–Kier alpha value is -3.22. The molecule has 1 unspecified atom stereocenters. The van der Waals surface area contributed by atoms with Crippen molar-refractivity contribution in [3.05, 3.63) is 101 Å². The van der Waals surface area contributed by atoms with Crippen LogP contribution < -0.4 is 10.1 Å². The first-order valence-corrected chi connectivity index (χ1v) is 11.9. The SMILES string of the molecule is CC(=O)c1ccc(OCC2CN(C(=S)NC(c3ccccc3)c3ccccc3)CCO2)cc1C. The van der Waals surface area contributed by atoms with Gasteiger partial charge in [0.1, 0.15) is 18.5 Å². The number of Topliss-reactive ketones (excluding diaryl/α,β-unsaturated/α-hetero) is 1. The molecule has 1 atom stereocenters. The number of morpholine rings is 1. The van der Waals surface area contributed by atoms with E-state index in [1.54, 1.807) is 6.92 Å². The quantitative estimate of drug-likeness (QED) is 0.387. The maximum Gasteiger partial charge on any atom is 0.169 e. The zero-order valence-corrected chi connectivity index (χ0v) is 20.4. The molecule has 6 heteroatoms. The molecule has 1 saturated heterocycles. The van der Waals surface area contributed by atoms with Gasteiger partial charge in [0.25, 0.3) is 0 Å². The molecule has 3 aromatic rings. The average molecular weight is 475 g/mol. The molecule has 0 saturated carbocycles. The predicted molar refractivity (Wildman–Crippen MR) is 138 cm³/mol. The fourth-order valence-electron chi connectivity index (χ4n) is 4.18. The fourth-order valence-corrected chi connectivity index (χ4v) is 4.46. The van der Waals surface area contributed by atoms with Crippen molar-refractivity contribution in [2.24, 2.45) is 0 Å². The average Bonchev–Trinajstić information content (AvgIpc) is 2.87. The van der Waals surface area contributed by atoms with E-state index in [2.05, 4.69) is 34.5 Å². The lowest BCUT2D eigenvalue weighted by molar-refractivity contribution is -0.0289. The summed E-state index contributed by atoms with van der Waals surface area (Å²) in [4.78, 5) is 13.8. The number of nitrogens with one attached hydrogen (secondary N) is 1. The molecule has 0 radical (unpaired) electrons. The van der Waals surface area contributed by atoms with Crippen LogP contribution in [0.25, 0.3) is 0 Å². The van der Waals surface area contributed by atoms with Crippen LogP contribution in [0.15, 0.2) is 78.9 Å². The number of hydrogen-bond acceptors (Lipinski definition) is 4. The number of rotatable bonds is 7. The van der Waals surface area contributed by atoms with Crippen LogP contribution in [0.5, 0.6) is 5.75 Å². The molecule has 1 N–H and O–H groups in total. The third-order valence-electron chi connectivity index (χ3n) is 5.97. The highest BCUT2D eigenvalue weighted by Crippen LogP contribution is 2.23. The predicted octanol–water partition coefficient (Wildman–Crippen LogP) is 4.94. The molecular weight excluding hydrogens is 444 g/mol. The van der Waals surface area contributed by atoms with Crippen molar-refractivity contribution >= 4 is 23.1 Å². The number of carbonyl (C=O) groups excluding carboxylic acids is 1. The molecule has 1 aliphatic rings. The lowest BCUT2D eigenvalue weighted by Gasteiger charge is -2.36. The summed E-state index contributed by atoms with van der Waals surface area (Å²) in [6, 6.07) is 26.2. The number of carbonyl (C=O) groups is 1. The van der Waals surface area contributed by atoms with Gasteiger partial charge in [-0.25, -0.2) is 0 Å². The van der Waals surface area contributed by atoms with E-state index < -0.39 is 0 Å². The first-order valence-electron chi connectivity index (χ1n) is 11.5. The van der Waals surface area contributed by atoms with Crippen molar-refractivity contribution in [1.82, 2.24) is 10.2 Å². The third kappa shape index (κ3) is 6.01. The second-order valence-corrected chi connectivity index (χ2v) is 8.87. The van der Waals surface area contributed by atoms with Crippen molar-refractivity contribution in [2.45, 2.75) is 26.0 Å². The van der Waals surface area contributed by atoms with Crippen molar-refractivity contribution in [3.63, 3.8) is 0 Å². The highest BCUT2D eigenvalue weighted by molar-refractivity contribution is 7.80. The Morgan fingerprint density at radius 3 is 2.32 bits per heavy atom. The molecule has 176 valence electrons. The van der Waals surface area contributed by atoms with E-state index in [-0.39, 0.29) is 17.9 Å². The fraction of sp³-hybridized carbons (Fsp3) is 0.286. The Labute approximate surface area is 206 Å². The number of nitrogens with zero attached hydrogens (tertiary/aromatic N) is 1. The molecule has 0 spiro atoms. The van der Waals surface area contributed by atoms with Gasteiger partial charge in [0.2, 0.25) is 0 Å². The van der Waals surface area contributed by atoms with E-state index in [1.807, 2.05) is 61.5 Å². The maximum absolute atomic E-state index is 11.7. The van der Waals surface area contributed by atoms with Crippen molar-refractivity contribution in [2.75, 3.05) is 26.3 Å². The van der Waals surface area contributed by atoms with Crippen LogP contribution in [-0.2, 0) is 4.74 Å². The lowest BCUT2D eigenvalue weighted by atomic mass is 9.99. The zero-order chi connectivity index (χ0) is 23.9. The standard InChI is InChI=1S/C28H30N2O3S/c1-20-17-24(13-14-26(20)21(2)31)33-19-25-18-30(15-16-32-25)28(34)29-27(22-9-5-3-6-10-22)23-11-7-4-8-12-23/h3-14,17,25,27H,15-16,18-19H2,1-2H3,(H,29,34). The van der Waals surface area contributed by atoms with E-state index in [1.165, 1.54) is 0 Å². The van der Waals surface area contributed by atoms with Gasteiger partial charge < -0.3 is 19.7 Å². The normalized spacial score (nSPS) is 15.7. The van der Waals surface area contributed by atoms with Crippen molar-refractivity contribution in [3.8, 4) is 5.75 Å². The summed E-state index contributed by atoms with van der Waals surface area (Å²) in [6.45, 7) is 5.86. The van der Waals surface area contributed by atoms with Gasteiger partial charge >= 0.3 is 0 Å². The second kappa shape index (κ2) is 11.3. The number of hydrogen-bond donors (Lipinski definition) is 1. The second-order valence-electron chi connectivity index (χ2n) is 8.49. The number of ether oxygens (including phenoxy) is 2. The third-order valence-corrected chi connectivity index (χ3v) is 6.35. The molecule has 0 aromatic heterocycles. The Bertz CT molecular complexity index is 1080. The monoisotopic (exact) mass is 474 g/mol. The van der Waals surface area contributed by atoms with Gasteiger partial charge in [0.05, 0.1) is 12.6 Å². The van der Waals surface area contributed by atoms with Crippen molar-refractivity contribution in [1.29, 1.82) is 0 Å². The summed E-state index contributed by atoms with van der Waals surface area (Å²) in [7, 11) is 0. The van der Waals surface area contributed by atoms with Gasteiger partial charge in [-0.2, -0.15) is 0 Å². The summed E-state index contributed by atoms with van der Waals surface area (Å²) in [5, 5.41) is 4.27. The van der Waals surface area contributed by atoms with Crippen molar-refractivity contribution < 1.29 is 14.3 Å². The van der Waals surface area contributed by atoms with Crippen LogP contribution in [0.2, 0.25) is 0 Å². The molecule has 3 aromatic carbocycles. The van der Waals surface area contributed by atoms with E-state index in [0.717, 1.165) is 34.5 Å². The Morgan fingerprint density at radius 1 is 1.09 bits per heavy atom. The van der Waals surface area contributed by atoms with Gasteiger partial charge in [0.15, 0.2) is 10.9 Å². The number of aryl methyl sites for hydroxylation is 1. The highest BCUT2D eigenvalue weighted by Gasteiger charge is 2.25. The summed E-state index contributed by atoms with van der Waals surface area (Å²) in [5.74, 6) is 0.790. The zero-order valence-electron chi connectivity index (χ0n) is 19.6. The summed E-state index contributed by atoms with van der Waals surface area (Å²) >= 11 is 5.82. The first-order chi connectivity index (χ1) is 16.5. The van der Waals surface area contributed by atoms with Crippen LogP contribution in [-0.4, -0.2) is 48.2 Å². The summed E-state index contributed by atoms with van der Waals surface area (Å²) in [6.07, 6.45) is -0.104. The van der Waals surface area contributed by atoms with E-state index in [9.17, 15) is 4.79 Å².